The zero-order valence-corrected chi connectivity index (χ0v) is 20.6. The summed E-state index contributed by atoms with van der Waals surface area (Å²) >= 11 is 13.7. The first kappa shape index (κ1) is 25.6. The van der Waals surface area contributed by atoms with Crippen molar-refractivity contribution in [1.82, 2.24) is 10.2 Å². The topological polar surface area (TPSA) is 49.4 Å². The van der Waals surface area contributed by atoms with Gasteiger partial charge in [-0.1, -0.05) is 66.9 Å². The highest BCUT2D eigenvalue weighted by molar-refractivity contribution is 7.99. The van der Waals surface area contributed by atoms with Crippen LogP contribution in [0.25, 0.3) is 0 Å². The Bertz CT molecular complexity index is 892. The average Bonchev–Trinajstić information content (AvgIpc) is 2.75. The summed E-state index contributed by atoms with van der Waals surface area (Å²) in [5.74, 6) is 0.812. The number of nitrogens with zero attached hydrogens (tertiary/aromatic N) is 1. The summed E-state index contributed by atoms with van der Waals surface area (Å²) in [7, 11) is 0. The smallest absolute Gasteiger partial charge is 0.242 e. The van der Waals surface area contributed by atoms with Crippen LogP contribution in [0.2, 0.25) is 10.0 Å². The second-order valence-corrected chi connectivity index (χ2v) is 9.31. The van der Waals surface area contributed by atoms with E-state index in [0.29, 0.717) is 28.9 Å². The molecule has 0 aliphatic heterocycles. The van der Waals surface area contributed by atoms with Crippen molar-refractivity contribution in [3.05, 3.63) is 69.2 Å². The van der Waals surface area contributed by atoms with Gasteiger partial charge in [-0.15, -0.1) is 11.8 Å². The van der Waals surface area contributed by atoms with E-state index in [4.69, 9.17) is 23.2 Å². The first-order valence-electron chi connectivity index (χ1n) is 10.5. The second-order valence-electron chi connectivity index (χ2n) is 7.51. The number of benzene rings is 2. The van der Waals surface area contributed by atoms with E-state index in [1.54, 1.807) is 35.7 Å². The van der Waals surface area contributed by atoms with Crippen LogP contribution in [-0.4, -0.2) is 35.1 Å². The van der Waals surface area contributed by atoms with Gasteiger partial charge in [-0.05, 0) is 49.1 Å². The molecular formula is C24H30Cl2N2O2S. The Labute approximate surface area is 199 Å². The van der Waals surface area contributed by atoms with E-state index in [9.17, 15) is 9.59 Å². The number of halogens is 2. The lowest BCUT2D eigenvalue weighted by atomic mass is 10.1. The first-order chi connectivity index (χ1) is 14.8. The lowest BCUT2D eigenvalue weighted by Gasteiger charge is -2.29. The SMILES string of the molecule is CCCCNC(=O)C(C)N(Cc1ccc(Cl)c(Cl)c1)C(=O)CSCc1ccccc1C. The molecule has 4 nitrogen and oxygen atoms in total. The number of nitrogens with one attached hydrogen (secondary N) is 1. The molecule has 2 aromatic rings. The number of unbranched alkanes of at least 4 members (excludes halogenated alkanes) is 1. The fourth-order valence-electron chi connectivity index (χ4n) is 3.06. The van der Waals surface area contributed by atoms with Crippen LogP contribution in [0.5, 0.6) is 0 Å². The molecule has 2 aromatic carbocycles. The zero-order valence-electron chi connectivity index (χ0n) is 18.3. The van der Waals surface area contributed by atoms with E-state index in [-0.39, 0.29) is 11.8 Å². The molecular weight excluding hydrogens is 451 g/mol. The summed E-state index contributed by atoms with van der Waals surface area (Å²) in [6.07, 6.45) is 1.90. The van der Waals surface area contributed by atoms with Crippen molar-refractivity contribution in [1.29, 1.82) is 0 Å². The van der Waals surface area contributed by atoms with Crippen LogP contribution in [0.3, 0.4) is 0 Å². The lowest BCUT2D eigenvalue weighted by Crippen LogP contribution is -2.48. The Kier molecular flexibility index (Phi) is 10.7. The number of carbonyl (C=O) groups excluding carboxylic acids is 2. The van der Waals surface area contributed by atoms with Gasteiger partial charge in [0.05, 0.1) is 15.8 Å². The van der Waals surface area contributed by atoms with Crippen molar-refractivity contribution in [2.45, 2.75) is 52.0 Å². The minimum Gasteiger partial charge on any atom is -0.354 e. The fraction of sp³-hybridized carbons (Fsp3) is 0.417. The normalized spacial score (nSPS) is 11.8. The van der Waals surface area contributed by atoms with Crippen LogP contribution in [0.4, 0.5) is 0 Å². The molecule has 0 aromatic heterocycles. The lowest BCUT2D eigenvalue weighted by molar-refractivity contribution is -0.138. The molecule has 0 spiro atoms. The van der Waals surface area contributed by atoms with Gasteiger partial charge >= 0.3 is 0 Å². The molecule has 1 atom stereocenters. The third-order valence-electron chi connectivity index (χ3n) is 5.08. The Morgan fingerprint density at radius 2 is 1.87 bits per heavy atom. The van der Waals surface area contributed by atoms with E-state index < -0.39 is 6.04 Å². The standard InChI is InChI=1S/C24H30Cl2N2O2S/c1-4-5-12-27-24(30)18(3)28(14-19-10-11-21(25)22(26)13-19)23(29)16-31-15-20-9-7-6-8-17(20)2/h6-11,13,18H,4-5,12,14-16H2,1-3H3,(H,27,30). The number of rotatable bonds is 11. The molecule has 2 rings (SSSR count). The number of thioether (sulfide) groups is 1. The molecule has 0 aliphatic carbocycles. The highest BCUT2D eigenvalue weighted by Crippen LogP contribution is 2.24. The van der Waals surface area contributed by atoms with Gasteiger partial charge in [0.15, 0.2) is 0 Å². The molecule has 7 heteroatoms. The van der Waals surface area contributed by atoms with Crippen LogP contribution >= 0.6 is 35.0 Å². The van der Waals surface area contributed by atoms with E-state index in [1.165, 1.54) is 11.1 Å². The van der Waals surface area contributed by atoms with E-state index >= 15 is 0 Å². The van der Waals surface area contributed by atoms with E-state index in [2.05, 4.69) is 31.3 Å². The molecule has 0 bridgehead atoms. The third-order valence-corrected chi connectivity index (χ3v) is 6.78. The number of carbonyl (C=O) groups is 2. The third kappa shape index (κ3) is 8.06. The van der Waals surface area contributed by atoms with Crippen LogP contribution in [0.15, 0.2) is 42.5 Å². The van der Waals surface area contributed by atoms with Crippen molar-refractivity contribution in [2.75, 3.05) is 12.3 Å². The molecule has 2 amide bonds. The molecule has 1 N–H and O–H groups in total. The Morgan fingerprint density at radius 3 is 2.55 bits per heavy atom. The maximum atomic E-state index is 13.1. The fourth-order valence-corrected chi connectivity index (χ4v) is 4.36. The molecule has 0 radical (unpaired) electrons. The Balaban J connectivity index is 2.09. The predicted molar refractivity (Wildman–Crippen MR) is 132 cm³/mol. The quantitative estimate of drug-likeness (QED) is 0.409. The zero-order chi connectivity index (χ0) is 22.8. The van der Waals surface area contributed by atoms with Gasteiger partial charge in [0.2, 0.25) is 11.8 Å². The Hall–Kier alpha value is -1.69. The van der Waals surface area contributed by atoms with Gasteiger partial charge < -0.3 is 10.2 Å². The summed E-state index contributed by atoms with van der Waals surface area (Å²) < 4.78 is 0. The van der Waals surface area contributed by atoms with Gasteiger partial charge in [-0.2, -0.15) is 0 Å². The Morgan fingerprint density at radius 1 is 1.13 bits per heavy atom. The highest BCUT2D eigenvalue weighted by Gasteiger charge is 2.26. The summed E-state index contributed by atoms with van der Waals surface area (Å²) in [6, 6.07) is 12.8. The number of hydrogen-bond acceptors (Lipinski definition) is 3. The van der Waals surface area contributed by atoms with Crippen molar-refractivity contribution < 1.29 is 9.59 Å². The predicted octanol–water partition coefficient (Wildman–Crippen LogP) is 5.87. The highest BCUT2D eigenvalue weighted by atomic mass is 35.5. The molecule has 0 saturated carbocycles. The molecule has 0 saturated heterocycles. The molecule has 0 heterocycles. The van der Waals surface area contributed by atoms with Crippen LogP contribution in [0.1, 0.15) is 43.4 Å². The van der Waals surface area contributed by atoms with E-state index in [0.717, 1.165) is 24.2 Å². The second kappa shape index (κ2) is 13.0. The first-order valence-corrected chi connectivity index (χ1v) is 12.4. The minimum absolute atomic E-state index is 0.0807. The molecule has 1 unspecified atom stereocenters. The molecule has 31 heavy (non-hydrogen) atoms. The van der Waals surface area contributed by atoms with Gasteiger partial charge in [-0.25, -0.2) is 0 Å². The minimum atomic E-state index is -0.585. The van der Waals surface area contributed by atoms with Crippen molar-refractivity contribution >= 4 is 46.8 Å². The van der Waals surface area contributed by atoms with Crippen LogP contribution < -0.4 is 5.32 Å². The van der Waals surface area contributed by atoms with Crippen molar-refractivity contribution in [2.24, 2.45) is 0 Å². The largest absolute Gasteiger partial charge is 0.354 e. The summed E-state index contributed by atoms with van der Waals surface area (Å²) in [5, 5.41) is 3.82. The maximum absolute atomic E-state index is 13.1. The summed E-state index contributed by atoms with van der Waals surface area (Å²) in [5.41, 5.74) is 3.25. The average molecular weight is 481 g/mol. The molecule has 0 aliphatic rings. The number of amides is 2. The van der Waals surface area contributed by atoms with E-state index in [1.807, 2.05) is 18.2 Å². The summed E-state index contributed by atoms with van der Waals surface area (Å²) in [6.45, 7) is 6.81. The monoisotopic (exact) mass is 480 g/mol. The van der Waals surface area contributed by atoms with Crippen molar-refractivity contribution in [3.63, 3.8) is 0 Å². The number of aryl methyl sites for hydroxylation is 1. The van der Waals surface area contributed by atoms with Gasteiger partial charge in [-0.3, -0.25) is 9.59 Å². The van der Waals surface area contributed by atoms with Crippen LogP contribution in [-0.2, 0) is 21.9 Å². The summed E-state index contributed by atoms with van der Waals surface area (Å²) in [4.78, 5) is 27.4. The molecule has 168 valence electrons. The van der Waals surface area contributed by atoms with Crippen molar-refractivity contribution in [3.8, 4) is 0 Å². The number of hydrogen-bond donors (Lipinski definition) is 1. The molecule has 0 fully saturated rings. The van der Waals surface area contributed by atoms with Gasteiger partial charge in [0.25, 0.3) is 0 Å². The maximum Gasteiger partial charge on any atom is 0.242 e. The van der Waals surface area contributed by atoms with Crippen LogP contribution in [0, 0.1) is 6.92 Å². The van der Waals surface area contributed by atoms with Gasteiger partial charge in [0.1, 0.15) is 6.04 Å². The van der Waals surface area contributed by atoms with Gasteiger partial charge in [0, 0.05) is 18.8 Å².